The van der Waals surface area contributed by atoms with Gasteiger partial charge in [-0.2, -0.15) is 0 Å². The van der Waals surface area contributed by atoms with Crippen molar-refractivity contribution in [2.45, 2.75) is 18.9 Å². The fourth-order valence-corrected chi connectivity index (χ4v) is 3.11. The molecule has 0 bridgehead atoms. The number of hydrogen-bond acceptors (Lipinski definition) is 5. The predicted molar refractivity (Wildman–Crippen MR) is 95.9 cm³/mol. The van der Waals surface area contributed by atoms with Gasteiger partial charge in [0.05, 0.1) is 8.49 Å². The van der Waals surface area contributed by atoms with E-state index in [2.05, 4.69) is 32.5 Å². The second-order valence-corrected chi connectivity index (χ2v) is 6.53. The Bertz CT molecular complexity index is 685. The van der Waals surface area contributed by atoms with Crippen molar-refractivity contribution >= 4 is 34.1 Å². The molecule has 1 saturated heterocycles. The van der Waals surface area contributed by atoms with E-state index in [0.29, 0.717) is 0 Å². The summed E-state index contributed by atoms with van der Waals surface area (Å²) in [6.07, 6.45) is 3.32. The number of aromatic nitrogens is 1. The lowest BCUT2D eigenvalue weighted by Crippen LogP contribution is -2.38. The quantitative estimate of drug-likeness (QED) is 0.425. The van der Waals surface area contributed by atoms with Crippen LogP contribution < -0.4 is 9.64 Å². The molecule has 0 amide bonds. The highest BCUT2D eigenvalue weighted by atomic mass is 127. The van der Waals surface area contributed by atoms with E-state index in [4.69, 9.17) is 4.74 Å². The van der Waals surface area contributed by atoms with Crippen molar-refractivity contribution in [2.24, 2.45) is 0 Å². The zero-order chi connectivity index (χ0) is 16.2. The topological polar surface area (TPSA) is 68.5 Å². The van der Waals surface area contributed by atoms with Gasteiger partial charge >= 0.3 is 0 Å². The minimum Gasteiger partial charge on any atom is -0.489 e. The van der Waals surface area contributed by atoms with E-state index in [1.54, 1.807) is 6.07 Å². The van der Waals surface area contributed by atoms with Crippen molar-refractivity contribution in [2.75, 3.05) is 18.0 Å². The first-order chi connectivity index (χ1) is 11.1. The lowest BCUT2D eigenvalue weighted by atomic mass is 10.1. The summed E-state index contributed by atoms with van der Waals surface area (Å²) in [6.45, 7) is 1.66. The highest BCUT2D eigenvalue weighted by molar-refractivity contribution is 14.1. The Hall–Kier alpha value is -1.90. The summed E-state index contributed by atoms with van der Waals surface area (Å²) < 4.78 is 7.19. The molecule has 0 N–H and O–H groups in total. The number of nitrogens with zero attached hydrogens (tertiary/aromatic N) is 3. The van der Waals surface area contributed by atoms with Gasteiger partial charge in [-0.25, -0.2) is 4.98 Å². The Labute approximate surface area is 147 Å². The molecule has 1 aromatic heterocycles. The van der Waals surface area contributed by atoms with Gasteiger partial charge in [0.1, 0.15) is 23.9 Å². The van der Waals surface area contributed by atoms with Crippen LogP contribution in [0, 0.1) is 13.7 Å². The number of ether oxygens (including phenoxy) is 1. The number of hydrogen-bond donors (Lipinski definition) is 0. The van der Waals surface area contributed by atoms with E-state index >= 15 is 0 Å². The number of halogens is 1. The van der Waals surface area contributed by atoms with Gasteiger partial charge < -0.3 is 9.64 Å². The fourth-order valence-electron chi connectivity index (χ4n) is 2.60. The van der Waals surface area contributed by atoms with Gasteiger partial charge in [-0.05, 0) is 40.8 Å². The molecule has 0 aliphatic carbocycles. The molecule has 7 heteroatoms. The molecule has 120 valence electrons. The van der Waals surface area contributed by atoms with Crippen LogP contribution in [0.1, 0.15) is 12.8 Å². The van der Waals surface area contributed by atoms with Crippen LogP contribution >= 0.6 is 22.6 Å². The molecule has 1 aliphatic heterocycles. The molecule has 0 spiro atoms. The molecule has 6 nitrogen and oxygen atoms in total. The summed E-state index contributed by atoms with van der Waals surface area (Å²) >= 11 is 2.28. The first kappa shape index (κ1) is 16.0. The number of para-hydroxylation sites is 1. The highest BCUT2D eigenvalue weighted by Crippen LogP contribution is 2.26. The Kier molecular flexibility index (Phi) is 4.94. The summed E-state index contributed by atoms with van der Waals surface area (Å²) in [5, 5.41) is 10.7. The third kappa shape index (κ3) is 3.90. The van der Waals surface area contributed by atoms with Crippen molar-refractivity contribution in [3.8, 4) is 5.75 Å². The first-order valence-corrected chi connectivity index (χ1v) is 8.48. The number of nitro groups is 1. The van der Waals surface area contributed by atoms with Crippen LogP contribution in [-0.2, 0) is 0 Å². The third-order valence-corrected chi connectivity index (χ3v) is 4.73. The SMILES string of the molecule is O=[N+]([O-])c1ccc(N2CCC(Oc3ccccc3I)CC2)nc1. The number of piperidine rings is 1. The molecular weight excluding hydrogens is 409 g/mol. The monoisotopic (exact) mass is 425 g/mol. The summed E-state index contributed by atoms with van der Waals surface area (Å²) in [5.74, 6) is 1.71. The van der Waals surface area contributed by atoms with Crippen LogP contribution in [0.15, 0.2) is 42.6 Å². The summed E-state index contributed by atoms with van der Waals surface area (Å²) in [6, 6.07) is 11.2. The van der Waals surface area contributed by atoms with Crippen molar-refractivity contribution in [1.29, 1.82) is 0 Å². The molecule has 3 rings (SSSR count). The zero-order valence-electron chi connectivity index (χ0n) is 12.4. The molecule has 23 heavy (non-hydrogen) atoms. The summed E-state index contributed by atoms with van der Waals surface area (Å²) in [5.41, 5.74) is 0.0191. The molecule has 0 atom stereocenters. The van der Waals surface area contributed by atoms with E-state index < -0.39 is 4.92 Å². The molecule has 1 fully saturated rings. The van der Waals surface area contributed by atoms with Crippen LogP contribution in [0.3, 0.4) is 0 Å². The third-order valence-electron chi connectivity index (χ3n) is 3.84. The average Bonchev–Trinajstić information content (AvgIpc) is 2.58. The van der Waals surface area contributed by atoms with Gasteiger partial charge in [-0.15, -0.1) is 0 Å². The molecule has 2 aromatic rings. The largest absolute Gasteiger partial charge is 0.489 e. The van der Waals surface area contributed by atoms with Gasteiger partial charge in [0.25, 0.3) is 5.69 Å². The molecule has 1 aromatic carbocycles. The van der Waals surface area contributed by atoms with Crippen LogP contribution in [0.25, 0.3) is 0 Å². The maximum absolute atomic E-state index is 10.7. The van der Waals surface area contributed by atoms with E-state index in [9.17, 15) is 10.1 Å². The zero-order valence-corrected chi connectivity index (χ0v) is 14.5. The van der Waals surface area contributed by atoms with E-state index in [1.165, 1.54) is 12.3 Å². The minimum absolute atomic E-state index is 0.0191. The normalized spacial score (nSPS) is 15.4. The van der Waals surface area contributed by atoms with Crippen LogP contribution in [0.2, 0.25) is 0 Å². The van der Waals surface area contributed by atoms with Crippen LogP contribution in [0.4, 0.5) is 11.5 Å². The molecule has 0 unspecified atom stereocenters. The van der Waals surface area contributed by atoms with Gasteiger partial charge in [0.15, 0.2) is 0 Å². The average molecular weight is 425 g/mol. The lowest BCUT2D eigenvalue weighted by Gasteiger charge is -2.33. The standard InChI is InChI=1S/C16H16IN3O3/c17-14-3-1-2-4-15(14)23-13-7-9-19(10-8-13)16-6-5-12(11-18-16)20(21)22/h1-6,11,13H,7-10H2. The number of pyridine rings is 1. The Balaban J connectivity index is 1.58. The van der Waals surface area contributed by atoms with Crippen LogP contribution in [-0.4, -0.2) is 29.1 Å². The van der Waals surface area contributed by atoms with E-state index in [-0.39, 0.29) is 11.8 Å². The molecule has 0 radical (unpaired) electrons. The number of rotatable bonds is 4. The lowest BCUT2D eigenvalue weighted by molar-refractivity contribution is -0.385. The molecule has 1 aliphatic rings. The second-order valence-electron chi connectivity index (χ2n) is 5.37. The molecule has 0 saturated carbocycles. The Morgan fingerprint density at radius 1 is 1.22 bits per heavy atom. The molecule has 2 heterocycles. The second kappa shape index (κ2) is 7.12. The van der Waals surface area contributed by atoms with Crippen molar-refractivity contribution < 1.29 is 9.66 Å². The van der Waals surface area contributed by atoms with Crippen LogP contribution in [0.5, 0.6) is 5.75 Å². The number of benzene rings is 1. The van der Waals surface area contributed by atoms with Gasteiger partial charge in [0.2, 0.25) is 0 Å². The summed E-state index contributed by atoms with van der Waals surface area (Å²) in [4.78, 5) is 16.6. The minimum atomic E-state index is -0.432. The Morgan fingerprint density at radius 3 is 2.57 bits per heavy atom. The maximum atomic E-state index is 10.7. The predicted octanol–water partition coefficient (Wildman–Crippen LogP) is 3.64. The van der Waals surface area contributed by atoms with E-state index in [1.807, 2.05) is 24.3 Å². The first-order valence-electron chi connectivity index (χ1n) is 7.40. The maximum Gasteiger partial charge on any atom is 0.287 e. The molecular formula is C16H16IN3O3. The van der Waals surface area contributed by atoms with Gasteiger partial charge in [-0.3, -0.25) is 10.1 Å². The smallest absolute Gasteiger partial charge is 0.287 e. The summed E-state index contributed by atoms with van der Waals surface area (Å²) in [7, 11) is 0. The van der Waals surface area contributed by atoms with Gasteiger partial charge in [0, 0.05) is 32.0 Å². The van der Waals surface area contributed by atoms with Crippen molar-refractivity contribution in [3.05, 3.63) is 56.3 Å². The van der Waals surface area contributed by atoms with E-state index in [0.717, 1.165) is 41.1 Å². The fraction of sp³-hybridized carbons (Fsp3) is 0.312. The van der Waals surface area contributed by atoms with Crippen molar-refractivity contribution in [1.82, 2.24) is 4.98 Å². The van der Waals surface area contributed by atoms with Crippen molar-refractivity contribution in [3.63, 3.8) is 0 Å². The highest BCUT2D eigenvalue weighted by Gasteiger charge is 2.22. The van der Waals surface area contributed by atoms with Gasteiger partial charge in [-0.1, -0.05) is 12.1 Å². The Morgan fingerprint density at radius 2 is 1.96 bits per heavy atom. The number of anilines is 1.